The second-order valence-electron chi connectivity index (χ2n) is 6.74. The van der Waals surface area contributed by atoms with Gasteiger partial charge in [-0.3, -0.25) is 9.36 Å². The van der Waals surface area contributed by atoms with Gasteiger partial charge in [-0.25, -0.2) is 4.99 Å². The first-order chi connectivity index (χ1) is 14.2. The smallest absolute Gasteiger partial charge is 0.210 e. The Bertz CT molecular complexity index is 1270. The third kappa shape index (κ3) is 2.56. The third-order valence-corrected chi connectivity index (χ3v) is 5.02. The molecule has 140 valence electrons. The van der Waals surface area contributed by atoms with Gasteiger partial charge in [0.15, 0.2) is 5.78 Å². The number of nitrogens with zero attached hydrogens (tertiary/aromatic N) is 2. The van der Waals surface area contributed by atoms with Crippen molar-refractivity contribution in [3.05, 3.63) is 107 Å². The number of rotatable bonds is 2. The van der Waals surface area contributed by atoms with Crippen LogP contribution in [0.2, 0.25) is 0 Å². The molecule has 4 aromatic rings. The van der Waals surface area contributed by atoms with Crippen LogP contribution in [0.4, 0.5) is 5.69 Å². The Morgan fingerprint density at radius 3 is 1.90 bits per heavy atom. The van der Waals surface area contributed by atoms with E-state index in [-0.39, 0.29) is 28.7 Å². The van der Waals surface area contributed by atoms with Crippen molar-refractivity contribution in [3.8, 4) is 17.4 Å². The molecule has 0 bridgehead atoms. The fourth-order valence-electron chi connectivity index (χ4n) is 3.71. The van der Waals surface area contributed by atoms with Gasteiger partial charge >= 0.3 is 0 Å². The van der Waals surface area contributed by atoms with E-state index >= 15 is 0 Å². The summed E-state index contributed by atoms with van der Waals surface area (Å²) in [6.45, 7) is 0. The number of carbonyl (C=O) groups is 1. The Morgan fingerprint density at radius 1 is 0.655 bits per heavy atom. The lowest BCUT2D eigenvalue weighted by Gasteiger charge is -2.17. The van der Waals surface area contributed by atoms with Gasteiger partial charge in [0.25, 0.3) is 0 Å². The minimum Gasteiger partial charge on any atom is -0.494 e. The molecule has 0 spiro atoms. The molecule has 0 radical (unpaired) electrons. The van der Waals surface area contributed by atoms with Gasteiger partial charge in [-0.1, -0.05) is 60.7 Å². The summed E-state index contributed by atoms with van der Waals surface area (Å²) in [5.41, 5.74) is 3.03. The Balaban J connectivity index is 1.85. The second kappa shape index (κ2) is 6.49. The summed E-state index contributed by atoms with van der Waals surface area (Å²) in [5, 5.41) is 22.0. The van der Waals surface area contributed by atoms with Gasteiger partial charge in [-0.05, 0) is 24.3 Å². The molecule has 0 amide bonds. The quantitative estimate of drug-likeness (QED) is 0.470. The van der Waals surface area contributed by atoms with Crippen LogP contribution < -0.4 is 0 Å². The zero-order valence-corrected chi connectivity index (χ0v) is 15.3. The Labute approximate surface area is 166 Å². The molecule has 5 rings (SSSR count). The van der Waals surface area contributed by atoms with Crippen LogP contribution in [0.15, 0.2) is 89.9 Å². The predicted octanol–water partition coefficient (Wildman–Crippen LogP) is 4.60. The van der Waals surface area contributed by atoms with Crippen molar-refractivity contribution < 1.29 is 15.0 Å². The standard InChI is InChI=1S/C24H16N2O3/c27-22-18-14-8-7-13-17(18)21(25-15-9-3-1-4-10-15)19-20(22)24(29)26(23(19)28)16-11-5-2-6-12-16/h1-14,28-29H. The van der Waals surface area contributed by atoms with Crippen molar-refractivity contribution in [2.24, 2.45) is 4.99 Å². The molecule has 1 heterocycles. The summed E-state index contributed by atoms with van der Waals surface area (Å²) in [6, 6.07) is 25.3. The van der Waals surface area contributed by atoms with Gasteiger partial charge in [0.05, 0.1) is 28.2 Å². The van der Waals surface area contributed by atoms with E-state index in [0.29, 0.717) is 28.2 Å². The molecule has 5 nitrogen and oxygen atoms in total. The van der Waals surface area contributed by atoms with Crippen LogP contribution in [0, 0.1) is 0 Å². The highest BCUT2D eigenvalue weighted by atomic mass is 16.3. The molecule has 5 heteroatoms. The number of ketones is 1. The van der Waals surface area contributed by atoms with E-state index in [9.17, 15) is 15.0 Å². The number of carbonyl (C=O) groups excluding carboxylic acids is 1. The molecule has 3 aromatic carbocycles. The van der Waals surface area contributed by atoms with Gasteiger partial charge in [0.1, 0.15) is 0 Å². The number of aromatic hydroxyl groups is 2. The largest absolute Gasteiger partial charge is 0.494 e. The summed E-state index contributed by atoms with van der Waals surface area (Å²) in [6.07, 6.45) is 0. The molecule has 2 N–H and O–H groups in total. The predicted molar refractivity (Wildman–Crippen MR) is 111 cm³/mol. The molecule has 29 heavy (non-hydrogen) atoms. The molecule has 1 aliphatic rings. The van der Waals surface area contributed by atoms with Gasteiger partial charge in [0, 0.05) is 11.1 Å². The lowest BCUT2D eigenvalue weighted by atomic mass is 9.85. The third-order valence-electron chi connectivity index (χ3n) is 5.02. The maximum Gasteiger partial charge on any atom is 0.210 e. The molecule has 0 saturated heterocycles. The molecule has 0 fully saturated rings. The maximum absolute atomic E-state index is 13.2. The summed E-state index contributed by atoms with van der Waals surface area (Å²) in [7, 11) is 0. The number of hydrogen-bond acceptors (Lipinski definition) is 4. The monoisotopic (exact) mass is 380 g/mol. The molecular formula is C24H16N2O3. The first-order valence-corrected chi connectivity index (χ1v) is 9.17. The molecule has 0 aliphatic heterocycles. The minimum atomic E-state index is -0.343. The lowest BCUT2D eigenvalue weighted by molar-refractivity contribution is 0.103. The zero-order chi connectivity index (χ0) is 20.0. The average molecular weight is 380 g/mol. The summed E-state index contributed by atoms with van der Waals surface area (Å²) >= 11 is 0. The molecule has 1 aliphatic carbocycles. The molecule has 1 aromatic heterocycles. The highest BCUT2D eigenvalue weighted by Crippen LogP contribution is 2.43. The van der Waals surface area contributed by atoms with E-state index in [0.717, 1.165) is 0 Å². The van der Waals surface area contributed by atoms with Crippen LogP contribution in [0.25, 0.3) is 5.69 Å². The van der Waals surface area contributed by atoms with Crippen LogP contribution in [0.5, 0.6) is 11.8 Å². The topological polar surface area (TPSA) is 74.8 Å². The number of fused-ring (bicyclic) bond motifs is 2. The summed E-state index contributed by atoms with van der Waals surface area (Å²) in [4.78, 5) is 17.9. The van der Waals surface area contributed by atoms with Gasteiger partial charge in [-0.15, -0.1) is 0 Å². The van der Waals surface area contributed by atoms with Crippen LogP contribution in [-0.2, 0) is 0 Å². The van der Waals surface area contributed by atoms with Crippen molar-refractivity contribution in [3.63, 3.8) is 0 Å². The van der Waals surface area contributed by atoms with Gasteiger partial charge in [0.2, 0.25) is 11.8 Å². The van der Waals surface area contributed by atoms with E-state index in [1.54, 1.807) is 42.5 Å². The Morgan fingerprint density at radius 2 is 1.21 bits per heavy atom. The number of para-hydroxylation sites is 2. The fraction of sp³-hybridized carbons (Fsp3) is 0. The van der Waals surface area contributed by atoms with Crippen molar-refractivity contribution in [1.82, 2.24) is 4.57 Å². The van der Waals surface area contributed by atoms with Crippen LogP contribution in [0.3, 0.4) is 0 Å². The second-order valence-corrected chi connectivity index (χ2v) is 6.74. The summed E-state index contributed by atoms with van der Waals surface area (Å²) < 4.78 is 1.27. The average Bonchev–Trinajstić information content (AvgIpc) is 3.03. The van der Waals surface area contributed by atoms with Crippen LogP contribution in [0.1, 0.15) is 27.0 Å². The minimum absolute atomic E-state index is 0.0553. The van der Waals surface area contributed by atoms with Crippen molar-refractivity contribution in [2.75, 3.05) is 0 Å². The van der Waals surface area contributed by atoms with Gasteiger partial charge < -0.3 is 10.2 Å². The molecule has 0 saturated carbocycles. The number of aromatic nitrogens is 1. The van der Waals surface area contributed by atoms with Crippen LogP contribution in [-0.4, -0.2) is 26.3 Å². The van der Waals surface area contributed by atoms with Crippen LogP contribution >= 0.6 is 0 Å². The van der Waals surface area contributed by atoms with E-state index in [2.05, 4.69) is 0 Å². The van der Waals surface area contributed by atoms with Crippen molar-refractivity contribution in [2.45, 2.75) is 0 Å². The first kappa shape index (κ1) is 17.0. The first-order valence-electron chi connectivity index (χ1n) is 9.17. The normalized spacial score (nSPS) is 13.9. The van der Waals surface area contributed by atoms with Crippen molar-refractivity contribution in [1.29, 1.82) is 0 Å². The van der Waals surface area contributed by atoms with E-state index < -0.39 is 0 Å². The zero-order valence-electron chi connectivity index (χ0n) is 15.3. The lowest BCUT2D eigenvalue weighted by Crippen LogP contribution is -2.20. The Hall–Kier alpha value is -4.12. The highest BCUT2D eigenvalue weighted by Gasteiger charge is 2.37. The Kier molecular flexibility index (Phi) is 3.81. The SMILES string of the molecule is O=C1c2ccccc2C(=Nc2ccccc2)c2c1c(O)n(-c1ccccc1)c2O. The fourth-order valence-corrected chi connectivity index (χ4v) is 3.71. The molecule has 0 unspecified atom stereocenters. The molecule has 0 atom stereocenters. The molecular weight excluding hydrogens is 364 g/mol. The maximum atomic E-state index is 13.2. The van der Waals surface area contributed by atoms with Gasteiger partial charge in [-0.2, -0.15) is 0 Å². The summed E-state index contributed by atoms with van der Waals surface area (Å²) in [5.74, 6) is -0.865. The van der Waals surface area contributed by atoms with E-state index in [4.69, 9.17) is 4.99 Å². The number of hydrogen-bond donors (Lipinski definition) is 2. The van der Waals surface area contributed by atoms with E-state index in [1.807, 2.05) is 42.5 Å². The highest BCUT2D eigenvalue weighted by molar-refractivity contribution is 6.32. The van der Waals surface area contributed by atoms with E-state index in [1.165, 1.54) is 4.57 Å². The van der Waals surface area contributed by atoms with Crippen molar-refractivity contribution >= 4 is 17.2 Å². The number of benzene rings is 3. The number of aliphatic imine (C=N–C) groups is 1.